The van der Waals surface area contributed by atoms with E-state index in [-0.39, 0.29) is 33.9 Å². The van der Waals surface area contributed by atoms with Gasteiger partial charge in [0, 0.05) is 17.5 Å². The second-order valence-corrected chi connectivity index (χ2v) is 8.43. The van der Waals surface area contributed by atoms with Gasteiger partial charge >= 0.3 is 0 Å². The van der Waals surface area contributed by atoms with E-state index in [1.54, 1.807) is 6.07 Å². The Morgan fingerprint density at radius 3 is 2.54 bits per heavy atom. The average Bonchev–Trinajstić information content (AvgIpc) is 3.43. The van der Waals surface area contributed by atoms with Crippen LogP contribution in [0.1, 0.15) is 49.8 Å². The van der Waals surface area contributed by atoms with Crippen molar-refractivity contribution < 1.29 is 9.72 Å². The lowest BCUT2D eigenvalue weighted by Gasteiger charge is -2.19. The number of nitrogens with one attached hydrogen (secondary N) is 1. The summed E-state index contributed by atoms with van der Waals surface area (Å²) in [5.74, 6) is -0.0392. The van der Waals surface area contributed by atoms with Crippen LogP contribution in [0.5, 0.6) is 0 Å². The molecule has 0 heterocycles. The van der Waals surface area contributed by atoms with Gasteiger partial charge in [-0.25, -0.2) is 5.43 Å². The van der Waals surface area contributed by atoms with Crippen LogP contribution in [0.25, 0.3) is 0 Å². The number of benzene rings is 2. The van der Waals surface area contributed by atoms with E-state index in [1.807, 2.05) is 0 Å². The van der Waals surface area contributed by atoms with Crippen molar-refractivity contribution >= 4 is 29.4 Å². The van der Waals surface area contributed by atoms with E-state index in [2.05, 4.69) is 55.6 Å². The Hall–Kier alpha value is -2.73. The number of hydrogen-bond donors (Lipinski definition) is 1. The van der Waals surface area contributed by atoms with Gasteiger partial charge in [0.15, 0.2) is 0 Å². The van der Waals surface area contributed by atoms with Gasteiger partial charge in [0.05, 0.1) is 11.1 Å². The largest absolute Gasteiger partial charge is 0.288 e. The van der Waals surface area contributed by atoms with Crippen LogP contribution in [0, 0.1) is 16.0 Å². The maximum atomic E-state index is 12.3. The molecule has 2 aromatic carbocycles. The van der Waals surface area contributed by atoms with Crippen molar-refractivity contribution in [1.29, 1.82) is 0 Å². The van der Waals surface area contributed by atoms with Gasteiger partial charge in [0.1, 0.15) is 5.02 Å². The Balaban J connectivity index is 1.57. The van der Waals surface area contributed by atoms with E-state index >= 15 is 0 Å². The quantitative estimate of drug-likeness (QED) is 0.445. The number of carbonyl (C=O) groups is 1. The predicted octanol–water partition coefficient (Wildman–Crippen LogP) is 4.80. The molecule has 1 amide bonds. The van der Waals surface area contributed by atoms with Gasteiger partial charge in [-0.3, -0.25) is 14.9 Å². The Labute approximate surface area is 168 Å². The van der Waals surface area contributed by atoms with E-state index in [9.17, 15) is 14.9 Å². The highest BCUT2D eigenvalue weighted by Crippen LogP contribution is 2.47. The molecule has 0 radical (unpaired) electrons. The zero-order valence-electron chi connectivity index (χ0n) is 16.0. The summed E-state index contributed by atoms with van der Waals surface area (Å²) in [6, 6.07) is 12.8. The van der Waals surface area contributed by atoms with Gasteiger partial charge < -0.3 is 0 Å². The second kappa shape index (κ2) is 7.72. The molecule has 0 aliphatic heterocycles. The highest BCUT2D eigenvalue weighted by molar-refractivity contribution is 6.32. The molecule has 7 heteroatoms. The molecule has 1 aliphatic rings. The number of nitro benzene ring substituents is 1. The standard InChI is InChI=1S/C21H22ClN3O3/c1-21(2,3)15-7-5-14(6-8-15)16-11-17(16)20(26)24-23-12-13-4-9-18(22)19(10-13)25(27)28/h4-10,12,16-17H,11H2,1-3H3,(H,24,26)/t16-,17+/m0/s1. The molecule has 1 N–H and O–H groups in total. The van der Waals surface area contributed by atoms with Crippen LogP contribution in [0.15, 0.2) is 47.6 Å². The minimum Gasteiger partial charge on any atom is -0.273 e. The van der Waals surface area contributed by atoms with Crippen LogP contribution in [0.2, 0.25) is 5.02 Å². The van der Waals surface area contributed by atoms with Crippen molar-refractivity contribution in [3.63, 3.8) is 0 Å². The molecule has 0 aromatic heterocycles. The first-order valence-corrected chi connectivity index (χ1v) is 9.42. The molecule has 2 aromatic rings. The molecule has 28 heavy (non-hydrogen) atoms. The molecular weight excluding hydrogens is 378 g/mol. The first kappa shape index (κ1) is 20.0. The molecule has 0 spiro atoms. The zero-order valence-corrected chi connectivity index (χ0v) is 16.7. The van der Waals surface area contributed by atoms with Crippen molar-refractivity contribution in [1.82, 2.24) is 5.43 Å². The van der Waals surface area contributed by atoms with E-state index in [0.717, 1.165) is 12.0 Å². The fourth-order valence-electron chi connectivity index (χ4n) is 3.09. The van der Waals surface area contributed by atoms with Crippen molar-refractivity contribution in [2.75, 3.05) is 0 Å². The first-order chi connectivity index (χ1) is 13.2. The number of nitrogens with zero attached hydrogens (tertiary/aromatic N) is 2. The Bertz CT molecular complexity index is 933. The molecule has 0 saturated heterocycles. The van der Waals surface area contributed by atoms with Crippen molar-refractivity contribution in [3.05, 3.63) is 74.3 Å². The lowest BCUT2D eigenvalue weighted by molar-refractivity contribution is -0.384. The summed E-state index contributed by atoms with van der Waals surface area (Å²) in [6.45, 7) is 6.51. The molecule has 3 rings (SSSR count). The van der Waals surface area contributed by atoms with Crippen LogP contribution >= 0.6 is 11.6 Å². The summed E-state index contributed by atoms with van der Waals surface area (Å²) in [4.78, 5) is 22.6. The maximum Gasteiger partial charge on any atom is 0.288 e. The smallest absolute Gasteiger partial charge is 0.273 e. The summed E-state index contributed by atoms with van der Waals surface area (Å²) < 4.78 is 0. The van der Waals surface area contributed by atoms with Crippen molar-refractivity contribution in [2.24, 2.45) is 11.0 Å². The Kier molecular flexibility index (Phi) is 5.52. The molecule has 1 saturated carbocycles. The lowest BCUT2D eigenvalue weighted by atomic mass is 9.86. The van der Waals surface area contributed by atoms with E-state index in [1.165, 1.54) is 23.9 Å². The van der Waals surface area contributed by atoms with Crippen LogP contribution in [-0.2, 0) is 10.2 Å². The zero-order chi connectivity index (χ0) is 20.5. The fraction of sp³-hybridized carbons (Fsp3) is 0.333. The number of halogens is 1. The van der Waals surface area contributed by atoms with E-state index in [0.29, 0.717) is 5.56 Å². The first-order valence-electron chi connectivity index (χ1n) is 9.04. The van der Waals surface area contributed by atoms with Gasteiger partial charge in [0.2, 0.25) is 5.91 Å². The third-order valence-corrected chi connectivity index (χ3v) is 5.21. The number of carbonyl (C=O) groups excluding carboxylic acids is 1. The Morgan fingerprint density at radius 2 is 1.93 bits per heavy atom. The third kappa shape index (κ3) is 4.57. The van der Waals surface area contributed by atoms with E-state index in [4.69, 9.17) is 11.6 Å². The summed E-state index contributed by atoms with van der Waals surface area (Å²) in [5, 5.41) is 14.9. The SMILES string of the molecule is CC(C)(C)c1ccc([C@@H]2C[C@H]2C(=O)NN=Cc2ccc(Cl)c([N+](=O)[O-])c2)cc1. The second-order valence-electron chi connectivity index (χ2n) is 8.02. The van der Waals surface area contributed by atoms with Crippen LogP contribution in [0.4, 0.5) is 5.69 Å². The van der Waals surface area contributed by atoms with Gasteiger partial charge in [-0.1, -0.05) is 62.7 Å². The summed E-state index contributed by atoms with van der Waals surface area (Å²) in [7, 11) is 0. The summed E-state index contributed by atoms with van der Waals surface area (Å²) >= 11 is 5.78. The molecule has 1 fully saturated rings. The molecule has 146 valence electrons. The Morgan fingerprint density at radius 1 is 1.25 bits per heavy atom. The maximum absolute atomic E-state index is 12.3. The van der Waals surface area contributed by atoms with Gasteiger partial charge in [-0.15, -0.1) is 0 Å². The number of hydrazone groups is 1. The van der Waals surface area contributed by atoms with Crippen LogP contribution in [0.3, 0.4) is 0 Å². The van der Waals surface area contributed by atoms with Crippen molar-refractivity contribution in [3.8, 4) is 0 Å². The number of rotatable bonds is 5. The van der Waals surface area contributed by atoms with Gasteiger partial charge in [0.25, 0.3) is 5.69 Å². The molecule has 0 bridgehead atoms. The molecule has 1 aliphatic carbocycles. The average molecular weight is 400 g/mol. The molecular formula is C21H22ClN3O3. The number of hydrogen-bond acceptors (Lipinski definition) is 4. The topological polar surface area (TPSA) is 84.6 Å². The lowest BCUT2D eigenvalue weighted by Crippen LogP contribution is -2.20. The van der Waals surface area contributed by atoms with E-state index < -0.39 is 4.92 Å². The number of nitro groups is 1. The highest BCUT2D eigenvalue weighted by Gasteiger charge is 2.44. The van der Waals surface area contributed by atoms with Crippen LogP contribution < -0.4 is 5.43 Å². The molecule has 2 atom stereocenters. The normalized spacial score (nSPS) is 18.9. The van der Waals surface area contributed by atoms with Gasteiger partial charge in [-0.05, 0) is 34.9 Å². The number of amides is 1. The van der Waals surface area contributed by atoms with Crippen molar-refractivity contribution in [2.45, 2.75) is 38.5 Å². The summed E-state index contributed by atoms with van der Waals surface area (Å²) in [5.41, 5.74) is 5.33. The minimum atomic E-state index is -0.558. The minimum absolute atomic E-state index is 0.0597. The summed E-state index contributed by atoms with van der Waals surface area (Å²) in [6.07, 6.45) is 2.17. The van der Waals surface area contributed by atoms with Crippen LogP contribution in [-0.4, -0.2) is 17.0 Å². The third-order valence-electron chi connectivity index (χ3n) is 4.89. The van der Waals surface area contributed by atoms with Gasteiger partial charge in [-0.2, -0.15) is 5.10 Å². The fourth-order valence-corrected chi connectivity index (χ4v) is 3.27. The molecule has 0 unspecified atom stereocenters. The highest BCUT2D eigenvalue weighted by atomic mass is 35.5. The monoisotopic (exact) mass is 399 g/mol. The molecule has 6 nitrogen and oxygen atoms in total. The predicted molar refractivity (Wildman–Crippen MR) is 110 cm³/mol.